The fourth-order valence-electron chi connectivity index (χ4n) is 2.70. The Bertz CT molecular complexity index is 909. The molecule has 0 unspecified atom stereocenters. The summed E-state index contributed by atoms with van der Waals surface area (Å²) in [6, 6.07) is 9.68. The minimum Gasteiger partial charge on any atom is -0.496 e. The second-order valence-electron chi connectivity index (χ2n) is 6.06. The number of nitrogens with two attached hydrogens (primary N) is 1. The molecule has 0 saturated heterocycles. The van der Waals surface area contributed by atoms with Gasteiger partial charge in [0, 0.05) is 40.5 Å². The van der Waals surface area contributed by atoms with E-state index < -0.39 is 0 Å². The van der Waals surface area contributed by atoms with E-state index in [0.717, 1.165) is 27.8 Å². The van der Waals surface area contributed by atoms with Crippen molar-refractivity contribution in [1.82, 2.24) is 9.97 Å². The molecule has 130 valence electrons. The van der Waals surface area contributed by atoms with Gasteiger partial charge in [-0.05, 0) is 38.1 Å². The van der Waals surface area contributed by atoms with Gasteiger partial charge >= 0.3 is 0 Å². The molecule has 6 nitrogen and oxygen atoms in total. The Hall–Kier alpha value is -3.02. The van der Waals surface area contributed by atoms with Gasteiger partial charge in [0.2, 0.25) is 5.95 Å². The van der Waals surface area contributed by atoms with Crippen molar-refractivity contribution in [2.24, 2.45) is 0 Å². The second-order valence-corrected chi connectivity index (χ2v) is 6.06. The van der Waals surface area contributed by atoms with Gasteiger partial charge in [-0.25, -0.2) is 9.97 Å². The lowest BCUT2D eigenvalue weighted by atomic mass is 10.0. The summed E-state index contributed by atoms with van der Waals surface area (Å²) in [6.45, 7) is 4.09. The zero-order valence-electron chi connectivity index (χ0n) is 14.8. The number of anilines is 2. The summed E-state index contributed by atoms with van der Waals surface area (Å²) in [5.74, 6) is 2.02. The molecule has 1 aromatic heterocycles. The van der Waals surface area contributed by atoms with E-state index in [2.05, 4.69) is 15.3 Å². The Morgan fingerprint density at radius 2 is 1.72 bits per heavy atom. The number of rotatable bonds is 5. The van der Waals surface area contributed by atoms with Crippen molar-refractivity contribution < 1.29 is 9.47 Å². The molecule has 0 radical (unpaired) electrons. The Kier molecular flexibility index (Phi) is 4.61. The molecule has 25 heavy (non-hydrogen) atoms. The standard InChI is InChI=1S/C19H22N4O2/c1-11(2)22-19-21-10-12-7-14(18(25-4)9-16(12)23-19)15-8-13(20)5-6-17(15)24-3/h5-11H,20H2,1-4H3,(H,21,22,23). The molecule has 0 saturated carbocycles. The second kappa shape index (κ2) is 6.84. The molecule has 0 amide bonds. The lowest BCUT2D eigenvalue weighted by molar-refractivity contribution is 0.410. The summed E-state index contributed by atoms with van der Waals surface area (Å²) >= 11 is 0. The number of nitrogens with one attached hydrogen (secondary N) is 1. The van der Waals surface area contributed by atoms with Crippen LogP contribution in [-0.2, 0) is 0 Å². The SMILES string of the molecule is COc1ccc(N)cc1-c1cc2cnc(NC(C)C)nc2cc1OC. The molecule has 0 aliphatic carbocycles. The lowest BCUT2D eigenvalue weighted by Crippen LogP contribution is -2.12. The number of nitrogen functional groups attached to an aromatic ring is 1. The van der Waals surface area contributed by atoms with E-state index in [4.69, 9.17) is 15.2 Å². The molecular formula is C19H22N4O2. The molecule has 0 spiro atoms. The van der Waals surface area contributed by atoms with Crippen LogP contribution in [0.25, 0.3) is 22.0 Å². The summed E-state index contributed by atoms with van der Waals surface area (Å²) in [6.07, 6.45) is 1.80. The first-order valence-corrected chi connectivity index (χ1v) is 8.07. The molecule has 2 aromatic carbocycles. The van der Waals surface area contributed by atoms with E-state index in [9.17, 15) is 0 Å². The van der Waals surface area contributed by atoms with Gasteiger partial charge in [0.25, 0.3) is 0 Å². The van der Waals surface area contributed by atoms with Crippen molar-refractivity contribution in [3.8, 4) is 22.6 Å². The Morgan fingerprint density at radius 1 is 1.00 bits per heavy atom. The number of methoxy groups -OCH3 is 2. The van der Waals surface area contributed by atoms with Crippen LogP contribution in [0.2, 0.25) is 0 Å². The maximum Gasteiger partial charge on any atom is 0.223 e. The highest BCUT2D eigenvalue weighted by Crippen LogP contribution is 2.39. The number of hydrogen-bond acceptors (Lipinski definition) is 6. The van der Waals surface area contributed by atoms with E-state index in [1.54, 1.807) is 20.4 Å². The smallest absolute Gasteiger partial charge is 0.223 e. The maximum atomic E-state index is 5.96. The number of ether oxygens (including phenoxy) is 2. The average molecular weight is 338 g/mol. The van der Waals surface area contributed by atoms with Crippen LogP contribution >= 0.6 is 0 Å². The van der Waals surface area contributed by atoms with Gasteiger partial charge in [-0.2, -0.15) is 0 Å². The average Bonchev–Trinajstić information content (AvgIpc) is 2.60. The number of benzene rings is 2. The fraction of sp³-hybridized carbons (Fsp3) is 0.263. The number of nitrogens with zero attached hydrogens (tertiary/aromatic N) is 2. The molecule has 3 aromatic rings. The minimum absolute atomic E-state index is 0.259. The van der Waals surface area contributed by atoms with Crippen molar-refractivity contribution in [1.29, 1.82) is 0 Å². The monoisotopic (exact) mass is 338 g/mol. The van der Waals surface area contributed by atoms with Crippen molar-refractivity contribution in [2.45, 2.75) is 19.9 Å². The third kappa shape index (κ3) is 3.42. The van der Waals surface area contributed by atoms with E-state index in [1.807, 2.05) is 44.2 Å². The van der Waals surface area contributed by atoms with Crippen LogP contribution in [0.15, 0.2) is 36.5 Å². The van der Waals surface area contributed by atoms with Gasteiger partial charge < -0.3 is 20.5 Å². The van der Waals surface area contributed by atoms with Gasteiger partial charge in [0.05, 0.1) is 19.7 Å². The fourth-order valence-corrected chi connectivity index (χ4v) is 2.70. The van der Waals surface area contributed by atoms with Crippen LogP contribution < -0.4 is 20.5 Å². The molecule has 0 atom stereocenters. The summed E-state index contributed by atoms with van der Waals surface area (Å²) in [5, 5.41) is 4.12. The van der Waals surface area contributed by atoms with Crippen LogP contribution in [0.3, 0.4) is 0 Å². The highest BCUT2D eigenvalue weighted by molar-refractivity contribution is 5.90. The van der Waals surface area contributed by atoms with Crippen LogP contribution in [0.5, 0.6) is 11.5 Å². The zero-order valence-corrected chi connectivity index (χ0v) is 14.8. The van der Waals surface area contributed by atoms with Gasteiger partial charge in [-0.1, -0.05) is 0 Å². The largest absolute Gasteiger partial charge is 0.496 e. The van der Waals surface area contributed by atoms with E-state index >= 15 is 0 Å². The van der Waals surface area contributed by atoms with Crippen molar-refractivity contribution in [3.05, 3.63) is 36.5 Å². The van der Waals surface area contributed by atoms with Crippen LogP contribution in [-0.4, -0.2) is 30.2 Å². The van der Waals surface area contributed by atoms with Crippen molar-refractivity contribution >= 4 is 22.5 Å². The van der Waals surface area contributed by atoms with Crippen LogP contribution in [0.4, 0.5) is 11.6 Å². The summed E-state index contributed by atoms with van der Waals surface area (Å²) in [4.78, 5) is 8.94. The molecule has 0 fully saturated rings. The van der Waals surface area contributed by atoms with E-state index in [1.165, 1.54) is 0 Å². The Labute approximate surface area is 147 Å². The number of aromatic nitrogens is 2. The number of hydrogen-bond donors (Lipinski definition) is 2. The molecule has 0 aliphatic heterocycles. The third-order valence-electron chi connectivity index (χ3n) is 3.83. The maximum absolute atomic E-state index is 5.96. The van der Waals surface area contributed by atoms with Gasteiger partial charge in [0.1, 0.15) is 11.5 Å². The topological polar surface area (TPSA) is 82.3 Å². The summed E-state index contributed by atoms with van der Waals surface area (Å²) in [5.41, 5.74) is 9.17. The first-order valence-electron chi connectivity index (χ1n) is 8.07. The summed E-state index contributed by atoms with van der Waals surface area (Å²) < 4.78 is 11.1. The van der Waals surface area contributed by atoms with Gasteiger partial charge in [-0.15, -0.1) is 0 Å². The highest BCUT2D eigenvalue weighted by Gasteiger charge is 2.14. The predicted molar refractivity (Wildman–Crippen MR) is 101 cm³/mol. The Morgan fingerprint density at radius 3 is 2.40 bits per heavy atom. The van der Waals surface area contributed by atoms with Crippen LogP contribution in [0.1, 0.15) is 13.8 Å². The number of fused-ring (bicyclic) bond motifs is 1. The van der Waals surface area contributed by atoms with Crippen molar-refractivity contribution in [3.63, 3.8) is 0 Å². The quantitative estimate of drug-likeness (QED) is 0.690. The highest BCUT2D eigenvalue weighted by atomic mass is 16.5. The van der Waals surface area contributed by atoms with Crippen molar-refractivity contribution in [2.75, 3.05) is 25.3 Å². The molecule has 0 aliphatic rings. The predicted octanol–water partition coefficient (Wildman–Crippen LogP) is 3.72. The minimum atomic E-state index is 0.259. The Balaban J connectivity index is 2.18. The first kappa shape index (κ1) is 16.8. The van der Waals surface area contributed by atoms with Gasteiger partial charge in [0.15, 0.2) is 0 Å². The van der Waals surface area contributed by atoms with Crippen LogP contribution in [0, 0.1) is 0 Å². The molecule has 3 N–H and O–H groups in total. The van der Waals surface area contributed by atoms with E-state index in [-0.39, 0.29) is 6.04 Å². The van der Waals surface area contributed by atoms with E-state index in [0.29, 0.717) is 17.4 Å². The normalized spacial score (nSPS) is 10.9. The molecule has 0 bridgehead atoms. The molecule has 3 rings (SSSR count). The zero-order chi connectivity index (χ0) is 18.0. The third-order valence-corrected chi connectivity index (χ3v) is 3.83. The molecular weight excluding hydrogens is 316 g/mol. The molecule has 1 heterocycles. The molecule has 6 heteroatoms. The van der Waals surface area contributed by atoms with Gasteiger partial charge in [-0.3, -0.25) is 0 Å². The first-order chi connectivity index (χ1) is 12.0. The lowest BCUT2D eigenvalue weighted by Gasteiger charge is -2.15. The summed E-state index contributed by atoms with van der Waals surface area (Å²) in [7, 11) is 3.27.